The summed E-state index contributed by atoms with van der Waals surface area (Å²) in [5.74, 6) is 0.0246. The van der Waals surface area contributed by atoms with Gasteiger partial charge in [0, 0.05) is 30.7 Å². The molecule has 5 heteroatoms. The summed E-state index contributed by atoms with van der Waals surface area (Å²) in [5, 5.41) is 3.21. The molecule has 0 radical (unpaired) electrons. The van der Waals surface area contributed by atoms with Crippen molar-refractivity contribution >= 4 is 11.6 Å². The van der Waals surface area contributed by atoms with Crippen LogP contribution >= 0.6 is 0 Å². The molecule has 1 aromatic heterocycles. The number of likely N-dealkylation sites (N-methyl/N-ethyl adjacent to an activating group) is 1. The van der Waals surface area contributed by atoms with Crippen molar-refractivity contribution in [2.24, 2.45) is 0 Å². The third-order valence-electron chi connectivity index (χ3n) is 6.71. The molecule has 1 aliphatic rings. The maximum Gasteiger partial charge on any atom is 0.246 e. The van der Waals surface area contributed by atoms with Gasteiger partial charge in [-0.1, -0.05) is 42.5 Å². The summed E-state index contributed by atoms with van der Waals surface area (Å²) >= 11 is 0. The number of hydrogen-bond donors (Lipinski definition) is 1. The van der Waals surface area contributed by atoms with Gasteiger partial charge in [-0.3, -0.25) is 19.6 Å². The molecule has 2 heterocycles. The molecule has 1 N–H and O–H groups in total. The van der Waals surface area contributed by atoms with Crippen molar-refractivity contribution in [3.63, 3.8) is 0 Å². The molecule has 2 aromatic carbocycles. The van der Waals surface area contributed by atoms with Crippen LogP contribution in [0.15, 0.2) is 73.1 Å². The van der Waals surface area contributed by atoms with Crippen LogP contribution in [0, 0.1) is 13.8 Å². The van der Waals surface area contributed by atoms with E-state index in [4.69, 9.17) is 0 Å². The molecule has 172 valence electrons. The summed E-state index contributed by atoms with van der Waals surface area (Å²) in [6, 6.07) is 20.5. The Labute approximate surface area is 197 Å². The number of nitrogens with zero attached hydrogens (tertiary/aromatic N) is 3. The highest BCUT2D eigenvalue weighted by Gasteiger charge is 2.32. The molecule has 1 aliphatic heterocycles. The predicted octanol–water partition coefficient (Wildman–Crippen LogP) is 4.97. The molecule has 0 spiro atoms. The molecular weight excluding hydrogens is 408 g/mol. The van der Waals surface area contributed by atoms with Crippen LogP contribution in [0.1, 0.15) is 41.1 Å². The number of nitrogens with one attached hydrogen (secondary N) is 1. The Bertz CT molecular complexity index is 1050. The topological polar surface area (TPSA) is 48.5 Å². The van der Waals surface area contributed by atoms with E-state index in [-0.39, 0.29) is 11.9 Å². The molecule has 3 aromatic rings. The van der Waals surface area contributed by atoms with Crippen LogP contribution in [0.2, 0.25) is 0 Å². The van der Waals surface area contributed by atoms with Crippen LogP contribution in [0.25, 0.3) is 0 Å². The van der Waals surface area contributed by atoms with Crippen LogP contribution in [0.5, 0.6) is 0 Å². The Hall–Kier alpha value is -3.02. The quantitative estimate of drug-likeness (QED) is 0.561. The van der Waals surface area contributed by atoms with Gasteiger partial charge in [0.1, 0.15) is 6.04 Å². The molecule has 1 saturated heterocycles. The number of likely N-dealkylation sites (tertiary alicyclic amines) is 1. The third kappa shape index (κ3) is 5.86. The minimum Gasteiger partial charge on any atom is -0.324 e. The van der Waals surface area contributed by atoms with Gasteiger partial charge in [-0.2, -0.15) is 0 Å². The van der Waals surface area contributed by atoms with Crippen LogP contribution in [0.4, 0.5) is 5.69 Å². The third-order valence-corrected chi connectivity index (χ3v) is 6.71. The minimum atomic E-state index is -0.331. The van der Waals surface area contributed by atoms with Crippen molar-refractivity contribution in [1.82, 2.24) is 14.8 Å². The predicted molar refractivity (Wildman–Crippen MR) is 134 cm³/mol. The fraction of sp³-hybridized carbons (Fsp3) is 0.357. The number of pyridine rings is 1. The lowest BCUT2D eigenvalue weighted by atomic mass is 9.97. The number of carbonyl (C=O) groups is 1. The van der Waals surface area contributed by atoms with Gasteiger partial charge in [0.2, 0.25) is 5.91 Å². The van der Waals surface area contributed by atoms with E-state index < -0.39 is 0 Å². The maximum absolute atomic E-state index is 13.6. The van der Waals surface area contributed by atoms with Gasteiger partial charge in [-0.15, -0.1) is 0 Å². The number of amides is 1. The highest BCUT2D eigenvalue weighted by Crippen LogP contribution is 2.29. The number of carbonyl (C=O) groups excluding carboxylic acids is 1. The first-order valence-electron chi connectivity index (χ1n) is 11.8. The molecule has 0 saturated carbocycles. The van der Waals surface area contributed by atoms with Gasteiger partial charge < -0.3 is 5.32 Å². The Balaban J connectivity index is 1.47. The van der Waals surface area contributed by atoms with E-state index >= 15 is 0 Å². The van der Waals surface area contributed by atoms with Crippen LogP contribution in [-0.4, -0.2) is 46.9 Å². The van der Waals surface area contributed by atoms with E-state index in [1.807, 2.05) is 43.6 Å². The average Bonchev–Trinajstić information content (AvgIpc) is 2.83. The largest absolute Gasteiger partial charge is 0.324 e. The van der Waals surface area contributed by atoms with E-state index in [1.54, 1.807) is 0 Å². The van der Waals surface area contributed by atoms with Crippen molar-refractivity contribution in [3.8, 4) is 0 Å². The Morgan fingerprint density at radius 1 is 1.06 bits per heavy atom. The Morgan fingerprint density at radius 2 is 1.76 bits per heavy atom. The van der Waals surface area contributed by atoms with E-state index in [2.05, 4.69) is 70.5 Å². The van der Waals surface area contributed by atoms with Crippen LogP contribution in [-0.2, 0) is 11.3 Å². The number of piperidine rings is 1. The highest BCUT2D eigenvalue weighted by molar-refractivity contribution is 5.96. The second-order valence-corrected chi connectivity index (χ2v) is 9.15. The smallest absolute Gasteiger partial charge is 0.246 e. The monoisotopic (exact) mass is 442 g/mol. The summed E-state index contributed by atoms with van der Waals surface area (Å²) < 4.78 is 0. The number of rotatable bonds is 7. The van der Waals surface area contributed by atoms with Gasteiger partial charge in [-0.25, -0.2) is 0 Å². The molecule has 1 fully saturated rings. The van der Waals surface area contributed by atoms with E-state index in [0.29, 0.717) is 6.04 Å². The summed E-state index contributed by atoms with van der Waals surface area (Å²) in [6.07, 6.45) is 5.80. The second kappa shape index (κ2) is 10.7. The molecule has 0 bridgehead atoms. The standard InChI is InChI=1S/C28H34N4O/c1-21-9-10-22(2)26(19-21)30-28(33)27(24-7-5-4-6-8-24)31(3)25-13-17-32(18-14-25)20-23-11-15-29-16-12-23/h4-12,15-16,19,25,27H,13-14,17-18,20H2,1-3H3,(H,30,33)/t27-/m0/s1. The normalized spacial score (nSPS) is 16.0. The second-order valence-electron chi connectivity index (χ2n) is 9.15. The summed E-state index contributed by atoms with van der Waals surface area (Å²) in [6.45, 7) is 7.09. The van der Waals surface area contributed by atoms with Crippen molar-refractivity contribution in [1.29, 1.82) is 0 Å². The first kappa shape index (κ1) is 23.1. The Morgan fingerprint density at radius 3 is 2.45 bits per heavy atom. The molecule has 0 aliphatic carbocycles. The maximum atomic E-state index is 13.6. The van der Waals surface area contributed by atoms with E-state index in [1.165, 1.54) is 5.56 Å². The minimum absolute atomic E-state index is 0.0246. The van der Waals surface area contributed by atoms with Crippen molar-refractivity contribution in [2.45, 2.75) is 45.3 Å². The molecule has 4 rings (SSSR count). The molecule has 0 unspecified atom stereocenters. The number of hydrogen-bond acceptors (Lipinski definition) is 4. The number of anilines is 1. The summed E-state index contributed by atoms with van der Waals surface area (Å²) in [5.41, 5.74) is 5.44. The zero-order valence-corrected chi connectivity index (χ0v) is 19.9. The van der Waals surface area contributed by atoms with Crippen LogP contribution in [0.3, 0.4) is 0 Å². The fourth-order valence-electron chi connectivity index (χ4n) is 4.72. The van der Waals surface area contributed by atoms with E-state index in [0.717, 1.165) is 54.9 Å². The van der Waals surface area contributed by atoms with Gasteiger partial charge in [0.25, 0.3) is 0 Å². The van der Waals surface area contributed by atoms with Gasteiger partial charge in [0.05, 0.1) is 0 Å². The van der Waals surface area contributed by atoms with Gasteiger partial charge in [0.15, 0.2) is 0 Å². The molecular formula is C28H34N4O. The zero-order chi connectivity index (χ0) is 23.2. The van der Waals surface area contributed by atoms with Gasteiger partial charge in [-0.05, 0) is 87.3 Å². The lowest BCUT2D eigenvalue weighted by Gasteiger charge is -2.40. The molecule has 1 amide bonds. The number of aryl methyl sites for hydroxylation is 2. The van der Waals surface area contributed by atoms with Crippen LogP contribution < -0.4 is 5.32 Å². The first-order chi connectivity index (χ1) is 16.0. The number of aromatic nitrogens is 1. The molecule has 5 nitrogen and oxygen atoms in total. The number of benzene rings is 2. The molecule has 33 heavy (non-hydrogen) atoms. The lowest BCUT2D eigenvalue weighted by molar-refractivity contribution is -0.122. The lowest BCUT2D eigenvalue weighted by Crippen LogP contribution is -2.47. The van der Waals surface area contributed by atoms with Crippen molar-refractivity contribution < 1.29 is 4.79 Å². The Kier molecular flexibility index (Phi) is 7.53. The SMILES string of the molecule is Cc1ccc(C)c(NC(=O)[C@H](c2ccccc2)N(C)C2CCN(Cc3ccncc3)CC2)c1. The van der Waals surface area contributed by atoms with Crippen molar-refractivity contribution in [3.05, 3.63) is 95.3 Å². The zero-order valence-electron chi connectivity index (χ0n) is 19.9. The van der Waals surface area contributed by atoms with Crippen molar-refractivity contribution in [2.75, 3.05) is 25.5 Å². The first-order valence-corrected chi connectivity index (χ1v) is 11.8. The highest BCUT2D eigenvalue weighted by atomic mass is 16.2. The van der Waals surface area contributed by atoms with Gasteiger partial charge >= 0.3 is 0 Å². The van der Waals surface area contributed by atoms with E-state index in [9.17, 15) is 4.79 Å². The fourth-order valence-corrected chi connectivity index (χ4v) is 4.72. The summed E-state index contributed by atoms with van der Waals surface area (Å²) in [7, 11) is 2.10. The summed E-state index contributed by atoms with van der Waals surface area (Å²) in [4.78, 5) is 22.5. The average molecular weight is 443 g/mol. The molecule has 1 atom stereocenters.